The lowest BCUT2D eigenvalue weighted by molar-refractivity contribution is -0.0823. The fraction of sp³-hybridized carbons (Fsp3) is 0.682. The van der Waals surface area contributed by atoms with E-state index in [4.69, 9.17) is 9.73 Å². The molecule has 0 spiro atoms. The zero-order valence-electron chi connectivity index (χ0n) is 17.3. The Morgan fingerprint density at radius 2 is 2.00 bits per heavy atom. The normalized spacial score (nSPS) is 25.0. The molecule has 1 aliphatic carbocycles. The van der Waals surface area contributed by atoms with Gasteiger partial charge in [-0.1, -0.05) is 45.0 Å². The maximum atomic E-state index is 6.10. The fourth-order valence-corrected chi connectivity index (χ4v) is 4.30. The van der Waals surface area contributed by atoms with Gasteiger partial charge < -0.3 is 15.4 Å². The largest absolute Gasteiger partial charge is 0.377 e. The Hall–Kier alpha value is -0.820. The molecule has 2 N–H and O–H groups in total. The van der Waals surface area contributed by atoms with E-state index in [9.17, 15) is 0 Å². The van der Waals surface area contributed by atoms with Crippen LogP contribution in [-0.2, 0) is 11.2 Å². The summed E-state index contributed by atoms with van der Waals surface area (Å²) in [4.78, 5) is 4.90. The van der Waals surface area contributed by atoms with Crippen molar-refractivity contribution >= 4 is 29.9 Å². The monoisotopic (exact) mass is 485 g/mol. The summed E-state index contributed by atoms with van der Waals surface area (Å²) in [5.74, 6) is 2.05. The summed E-state index contributed by atoms with van der Waals surface area (Å²) in [6.45, 7) is 12.5. The predicted molar refractivity (Wildman–Crippen MR) is 124 cm³/mol. The van der Waals surface area contributed by atoms with E-state index in [1.165, 1.54) is 24.0 Å². The smallest absolute Gasteiger partial charge is 0.191 e. The van der Waals surface area contributed by atoms with Crippen LogP contribution in [0.15, 0.2) is 29.3 Å². The maximum Gasteiger partial charge on any atom is 0.191 e. The lowest BCUT2D eigenvalue weighted by atomic mass is 9.77. The van der Waals surface area contributed by atoms with Crippen LogP contribution in [0.2, 0.25) is 0 Å². The molecule has 2 aliphatic rings. The molecule has 5 heteroatoms. The van der Waals surface area contributed by atoms with E-state index >= 15 is 0 Å². The Balaban J connectivity index is 0.00000261. The molecule has 1 heterocycles. The molecule has 0 saturated carbocycles. The Morgan fingerprint density at radius 3 is 2.70 bits per heavy atom. The number of aliphatic imine (C=N–C) groups is 1. The van der Waals surface area contributed by atoms with Crippen molar-refractivity contribution < 1.29 is 4.74 Å². The standard InChI is InChI=1S/C22H35N3O.HI/c1-5-23-21(25-15-18-13-16-9-6-7-11-19(16)18)24-14-17-10-8-12-26-20(17)22(2,3)4;/h6-7,9,11,17-18,20H,5,8,10,12-15H2,1-4H3,(H2,23,24,25);1H. The minimum Gasteiger partial charge on any atom is -0.377 e. The number of rotatable bonds is 5. The van der Waals surface area contributed by atoms with Gasteiger partial charge >= 0.3 is 0 Å². The van der Waals surface area contributed by atoms with Gasteiger partial charge in [0, 0.05) is 38.1 Å². The first-order chi connectivity index (χ1) is 12.5. The number of ether oxygens (including phenoxy) is 1. The van der Waals surface area contributed by atoms with Crippen molar-refractivity contribution in [2.75, 3.05) is 26.2 Å². The summed E-state index contributed by atoms with van der Waals surface area (Å²) in [5, 5.41) is 6.96. The van der Waals surface area contributed by atoms with Crippen molar-refractivity contribution in [3.05, 3.63) is 35.4 Å². The van der Waals surface area contributed by atoms with Gasteiger partial charge in [0.2, 0.25) is 0 Å². The molecule has 1 fully saturated rings. The van der Waals surface area contributed by atoms with Gasteiger partial charge in [-0.15, -0.1) is 24.0 Å². The average molecular weight is 485 g/mol. The summed E-state index contributed by atoms with van der Waals surface area (Å²) < 4.78 is 6.10. The number of fused-ring (bicyclic) bond motifs is 1. The van der Waals surface area contributed by atoms with Crippen molar-refractivity contribution in [1.29, 1.82) is 0 Å². The quantitative estimate of drug-likeness (QED) is 0.371. The van der Waals surface area contributed by atoms with Gasteiger partial charge in [0.25, 0.3) is 0 Å². The van der Waals surface area contributed by atoms with E-state index in [1.54, 1.807) is 0 Å². The predicted octanol–water partition coefficient (Wildman–Crippen LogP) is 4.34. The van der Waals surface area contributed by atoms with Crippen molar-refractivity contribution in [2.24, 2.45) is 16.3 Å². The second-order valence-electron chi connectivity index (χ2n) is 8.76. The van der Waals surface area contributed by atoms with Crippen molar-refractivity contribution in [2.45, 2.75) is 59.0 Å². The third-order valence-corrected chi connectivity index (χ3v) is 5.60. The molecule has 4 nitrogen and oxygen atoms in total. The number of benzene rings is 1. The molecule has 0 aromatic heterocycles. The molecule has 0 bridgehead atoms. The molecule has 1 aromatic carbocycles. The summed E-state index contributed by atoms with van der Waals surface area (Å²) in [7, 11) is 0. The molecule has 3 atom stereocenters. The fourth-order valence-electron chi connectivity index (χ4n) is 4.30. The first-order valence-electron chi connectivity index (χ1n) is 10.2. The number of nitrogens with zero attached hydrogens (tertiary/aromatic N) is 1. The summed E-state index contributed by atoms with van der Waals surface area (Å²) in [5.41, 5.74) is 3.15. The average Bonchev–Trinajstić information content (AvgIpc) is 2.60. The Morgan fingerprint density at radius 1 is 1.22 bits per heavy atom. The molecule has 0 amide bonds. The van der Waals surface area contributed by atoms with Crippen molar-refractivity contribution in [3.63, 3.8) is 0 Å². The van der Waals surface area contributed by atoms with Gasteiger partial charge in [0.15, 0.2) is 5.96 Å². The first-order valence-corrected chi connectivity index (χ1v) is 10.2. The number of guanidine groups is 1. The lowest BCUT2D eigenvalue weighted by Crippen LogP contribution is -2.43. The van der Waals surface area contributed by atoms with Gasteiger partial charge in [-0.25, -0.2) is 0 Å². The van der Waals surface area contributed by atoms with Crippen LogP contribution >= 0.6 is 24.0 Å². The molecule has 3 unspecified atom stereocenters. The highest BCUT2D eigenvalue weighted by Gasteiger charge is 2.35. The van der Waals surface area contributed by atoms with Crippen LogP contribution in [0.1, 0.15) is 57.6 Å². The second kappa shape index (κ2) is 10.1. The number of hydrogen-bond acceptors (Lipinski definition) is 2. The van der Waals surface area contributed by atoms with Crippen molar-refractivity contribution in [1.82, 2.24) is 10.6 Å². The number of hydrogen-bond donors (Lipinski definition) is 2. The van der Waals surface area contributed by atoms with Crippen LogP contribution in [0, 0.1) is 11.3 Å². The zero-order valence-corrected chi connectivity index (χ0v) is 19.6. The first kappa shape index (κ1) is 22.5. The van der Waals surface area contributed by atoms with E-state index in [0.717, 1.165) is 38.6 Å². The number of halogens is 1. The topological polar surface area (TPSA) is 45.7 Å². The Bertz CT molecular complexity index is 626. The summed E-state index contributed by atoms with van der Waals surface area (Å²) in [6.07, 6.45) is 3.82. The van der Waals surface area contributed by atoms with Crippen molar-refractivity contribution in [3.8, 4) is 0 Å². The van der Waals surface area contributed by atoms with Gasteiger partial charge in [-0.05, 0) is 42.7 Å². The third-order valence-electron chi connectivity index (χ3n) is 5.60. The van der Waals surface area contributed by atoms with E-state index in [2.05, 4.69) is 62.6 Å². The van der Waals surface area contributed by atoms with Crippen LogP contribution < -0.4 is 10.6 Å². The van der Waals surface area contributed by atoms with Crippen LogP contribution in [0.25, 0.3) is 0 Å². The van der Waals surface area contributed by atoms with Crippen LogP contribution in [0.4, 0.5) is 0 Å². The molecule has 1 aliphatic heterocycles. The minimum absolute atomic E-state index is 0. The zero-order chi connectivity index (χ0) is 18.6. The SMILES string of the molecule is CCNC(=NCC1CCCOC1C(C)(C)C)NCC1Cc2ccccc21.I. The molecule has 1 saturated heterocycles. The Labute approximate surface area is 182 Å². The lowest BCUT2D eigenvalue weighted by Gasteiger charge is -2.39. The molecule has 152 valence electrons. The molecular formula is C22H36IN3O. The van der Waals surface area contributed by atoms with Crippen LogP contribution in [0.5, 0.6) is 0 Å². The summed E-state index contributed by atoms with van der Waals surface area (Å²) >= 11 is 0. The highest BCUT2D eigenvalue weighted by molar-refractivity contribution is 14.0. The molecule has 1 aromatic rings. The van der Waals surface area contributed by atoms with E-state index in [0.29, 0.717) is 17.9 Å². The highest BCUT2D eigenvalue weighted by atomic mass is 127. The number of nitrogens with one attached hydrogen (secondary N) is 2. The molecule has 27 heavy (non-hydrogen) atoms. The van der Waals surface area contributed by atoms with E-state index < -0.39 is 0 Å². The summed E-state index contributed by atoms with van der Waals surface area (Å²) in [6, 6.07) is 8.76. The molecule has 0 radical (unpaired) electrons. The van der Waals surface area contributed by atoms with E-state index in [-0.39, 0.29) is 29.4 Å². The second-order valence-corrected chi connectivity index (χ2v) is 8.76. The van der Waals surface area contributed by atoms with Gasteiger partial charge in [-0.2, -0.15) is 0 Å². The van der Waals surface area contributed by atoms with Gasteiger partial charge in [0.1, 0.15) is 0 Å². The van der Waals surface area contributed by atoms with E-state index in [1.807, 2.05) is 0 Å². The van der Waals surface area contributed by atoms with Gasteiger partial charge in [0.05, 0.1) is 6.10 Å². The van der Waals surface area contributed by atoms with Crippen LogP contribution in [0.3, 0.4) is 0 Å². The molecular weight excluding hydrogens is 449 g/mol. The van der Waals surface area contributed by atoms with Crippen LogP contribution in [-0.4, -0.2) is 38.3 Å². The minimum atomic E-state index is 0. The maximum absolute atomic E-state index is 6.10. The van der Waals surface area contributed by atoms with Gasteiger partial charge in [-0.3, -0.25) is 4.99 Å². The highest BCUT2D eigenvalue weighted by Crippen LogP contribution is 2.35. The Kier molecular flexibility index (Phi) is 8.40. The third kappa shape index (κ3) is 5.83. The molecule has 3 rings (SSSR count).